The second-order valence-corrected chi connectivity index (χ2v) is 6.90. The molecule has 2 aromatic heterocycles. The van der Waals surface area contributed by atoms with Crippen LogP contribution in [-0.4, -0.2) is 33.1 Å². The third-order valence-electron chi connectivity index (χ3n) is 4.73. The van der Waals surface area contributed by atoms with E-state index in [4.69, 9.17) is 0 Å². The van der Waals surface area contributed by atoms with Crippen LogP contribution in [0.3, 0.4) is 0 Å². The van der Waals surface area contributed by atoms with Gasteiger partial charge in [0.05, 0.1) is 11.3 Å². The van der Waals surface area contributed by atoms with Crippen LogP contribution in [0.4, 0.5) is 11.4 Å². The number of hydrogen-bond donors (Lipinski definition) is 1. The summed E-state index contributed by atoms with van der Waals surface area (Å²) in [5.74, 6) is 0.529. The second kappa shape index (κ2) is 7.26. The number of pyridine rings is 1. The standard InChI is InChI=1S/C21H21N5O2/c1-14-11-15(2)26(24-14)19-9-8-16(13-22-19)21(28)23-17-5-3-6-18(12-17)25-10-4-7-20(25)27/h3,5-6,8-9,11-13H,4,7,10H2,1-2H3,(H,23,28). The van der Waals surface area contributed by atoms with Gasteiger partial charge in [-0.2, -0.15) is 5.10 Å². The Morgan fingerprint density at radius 3 is 2.64 bits per heavy atom. The Morgan fingerprint density at radius 1 is 1.14 bits per heavy atom. The summed E-state index contributed by atoms with van der Waals surface area (Å²) in [4.78, 5) is 30.6. The molecule has 1 aromatic carbocycles. The predicted molar refractivity (Wildman–Crippen MR) is 107 cm³/mol. The van der Waals surface area contributed by atoms with Crippen molar-refractivity contribution in [3.63, 3.8) is 0 Å². The molecule has 0 atom stereocenters. The Bertz CT molecular complexity index is 1040. The zero-order valence-corrected chi connectivity index (χ0v) is 15.8. The number of benzene rings is 1. The Labute approximate surface area is 163 Å². The highest BCUT2D eigenvalue weighted by Gasteiger charge is 2.21. The van der Waals surface area contributed by atoms with Crippen molar-refractivity contribution in [3.05, 3.63) is 65.6 Å². The van der Waals surface area contributed by atoms with E-state index in [9.17, 15) is 9.59 Å². The molecule has 2 amide bonds. The van der Waals surface area contributed by atoms with Crippen LogP contribution >= 0.6 is 0 Å². The molecule has 1 N–H and O–H groups in total. The van der Waals surface area contributed by atoms with Crippen LogP contribution in [0.5, 0.6) is 0 Å². The number of nitrogens with zero attached hydrogens (tertiary/aromatic N) is 4. The van der Waals surface area contributed by atoms with Crippen LogP contribution in [-0.2, 0) is 4.79 Å². The van der Waals surface area contributed by atoms with Crippen LogP contribution in [0.1, 0.15) is 34.6 Å². The third kappa shape index (κ3) is 3.51. The monoisotopic (exact) mass is 375 g/mol. The smallest absolute Gasteiger partial charge is 0.257 e. The summed E-state index contributed by atoms with van der Waals surface area (Å²) in [6.07, 6.45) is 2.97. The van der Waals surface area contributed by atoms with Crippen molar-refractivity contribution in [1.82, 2.24) is 14.8 Å². The molecular weight excluding hydrogens is 354 g/mol. The average molecular weight is 375 g/mol. The minimum atomic E-state index is -0.252. The van der Waals surface area contributed by atoms with Crippen LogP contribution in [0.15, 0.2) is 48.7 Å². The molecule has 0 saturated carbocycles. The van der Waals surface area contributed by atoms with E-state index in [1.54, 1.807) is 27.8 Å². The third-order valence-corrected chi connectivity index (χ3v) is 4.73. The molecule has 0 unspecified atom stereocenters. The molecule has 1 saturated heterocycles. The van der Waals surface area contributed by atoms with Gasteiger partial charge in [-0.3, -0.25) is 9.59 Å². The lowest BCUT2D eigenvalue weighted by Gasteiger charge is -2.16. The fourth-order valence-corrected chi connectivity index (χ4v) is 3.38. The molecule has 0 bridgehead atoms. The molecule has 0 spiro atoms. The van der Waals surface area contributed by atoms with Gasteiger partial charge in [0.2, 0.25) is 5.91 Å². The van der Waals surface area contributed by atoms with Gasteiger partial charge in [-0.1, -0.05) is 6.07 Å². The maximum Gasteiger partial charge on any atom is 0.257 e. The van der Waals surface area contributed by atoms with E-state index in [2.05, 4.69) is 15.4 Å². The molecule has 3 heterocycles. The summed E-state index contributed by atoms with van der Waals surface area (Å²) in [6, 6.07) is 12.8. The zero-order valence-electron chi connectivity index (χ0n) is 15.8. The van der Waals surface area contributed by atoms with Crippen molar-refractivity contribution in [1.29, 1.82) is 0 Å². The summed E-state index contributed by atoms with van der Waals surface area (Å²) >= 11 is 0. The lowest BCUT2D eigenvalue weighted by molar-refractivity contribution is -0.117. The molecule has 28 heavy (non-hydrogen) atoms. The topological polar surface area (TPSA) is 80.1 Å². The summed E-state index contributed by atoms with van der Waals surface area (Å²) < 4.78 is 1.74. The van der Waals surface area contributed by atoms with E-state index in [1.165, 1.54) is 6.20 Å². The summed E-state index contributed by atoms with van der Waals surface area (Å²) in [6.45, 7) is 4.60. The number of hydrogen-bond acceptors (Lipinski definition) is 4. The Morgan fingerprint density at radius 2 is 2.00 bits per heavy atom. The summed E-state index contributed by atoms with van der Waals surface area (Å²) in [5.41, 5.74) is 3.80. The highest BCUT2D eigenvalue weighted by atomic mass is 16.2. The lowest BCUT2D eigenvalue weighted by Crippen LogP contribution is -2.23. The highest BCUT2D eigenvalue weighted by Crippen LogP contribution is 2.24. The number of amides is 2. The fraction of sp³-hybridized carbons (Fsp3) is 0.238. The molecule has 1 aliphatic heterocycles. The van der Waals surface area contributed by atoms with Crippen LogP contribution in [0.25, 0.3) is 5.82 Å². The SMILES string of the molecule is Cc1cc(C)n(-c2ccc(C(=O)Nc3cccc(N4CCCC4=O)c3)cn2)n1. The first-order valence-corrected chi connectivity index (χ1v) is 9.23. The minimum Gasteiger partial charge on any atom is -0.322 e. The van der Waals surface area contributed by atoms with Gasteiger partial charge in [0.1, 0.15) is 0 Å². The number of aryl methyl sites for hydroxylation is 2. The Kier molecular flexibility index (Phi) is 4.65. The summed E-state index contributed by atoms with van der Waals surface area (Å²) in [7, 11) is 0. The molecule has 1 fully saturated rings. The van der Waals surface area contributed by atoms with E-state index >= 15 is 0 Å². The maximum absolute atomic E-state index is 12.6. The van der Waals surface area contributed by atoms with Crippen molar-refractivity contribution in [2.75, 3.05) is 16.8 Å². The first-order valence-electron chi connectivity index (χ1n) is 9.23. The largest absolute Gasteiger partial charge is 0.322 e. The van der Waals surface area contributed by atoms with Gasteiger partial charge in [-0.25, -0.2) is 9.67 Å². The summed E-state index contributed by atoms with van der Waals surface area (Å²) in [5, 5.41) is 7.27. The molecule has 7 heteroatoms. The number of nitrogens with one attached hydrogen (secondary N) is 1. The first kappa shape index (κ1) is 17.9. The van der Waals surface area contributed by atoms with Gasteiger partial charge in [0.15, 0.2) is 5.82 Å². The Hall–Kier alpha value is -3.48. The van der Waals surface area contributed by atoms with Crippen molar-refractivity contribution >= 4 is 23.2 Å². The number of carbonyl (C=O) groups excluding carboxylic acids is 2. The van der Waals surface area contributed by atoms with Crippen molar-refractivity contribution in [2.24, 2.45) is 0 Å². The number of aromatic nitrogens is 3. The number of rotatable bonds is 4. The molecule has 3 aromatic rings. The minimum absolute atomic E-state index is 0.118. The number of carbonyl (C=O) groups is 2. The second-order valence-electron chi connectivity index (χ2n) is 6.90. The van der Waals surface area contributed by atoms with Crippen molar-refractivity contribution in [2.45, 2.75) is 26.7 Å². The van der Waals surface area contributed by atoms with E-state index in [1.807, 2.05) is 38.1 Å². The van der Waals surface area contributed by atoms with Crippen molar-refractivity contribution in [3.8, 4) is 5.82 Å². The van der Waals surface area contributed by atoms with E-state index in [0.717, 1.165) is 23.5 Å². The highest BCUT2D eigenvalue weighted by molar-refractivity contribution is 6.04. The van der Waals surface area contributed by atoms with Gasteiger partial charge in [0, 0.05) is 36.2 Å². The molecule has 142 valence electrons. The Balaban J connectivity index is 1.49. The maximum atomic E-state index is 12.6. The molecule has 0 radical (unpaired) electrons. The van der Waals surface area contributed by atoms with E-state index in [0.29, 0.717) is 30.0 Å². The van der Waals surface area contributed by atoms with Gasteiger partial charge >= 0.3 is 0 Å². The average Bonchev–Trinajstić information content (AvgIpc) is 3.26. The molecule has 7 nitrogen and oxygen atoms in total. The van der Waals surface area contributed by atoms with Gasteiger partial charge < -0.3 is 10.2 Å². The molecule has 0 aliphatic carbocycles. The van der Waals surface area contributed by atoms with E-state index < -0.39 is 0 Å². The predicted octanol–water partition coefficient (Wildman–Crippen LogP) is 3.26. The van der Waals surface area contributed by atoms with Gasteiger partial charge in [0.25, 0.3) is 5.91 Å². The van der Waals surface area contributed by atoms with Crippen LogP contribution < -0.4 is 10.2 Å². The first-order chi connectivity index (χ1) is 13.5. The molecular formula is C21H21N5O2. The van der Waals surface area contributed by atoms with Gasteiger partial charge in [-0.05, 0) is 56.7 Å². The van der Waals surface area contributed by atoms with Gasteiger partial charge in [-0.15, -0.1) is 0 Å². The van der Waals surface area contributed by atoms with Crippen molar-refractivity contribution < 1.29 is 9.59 Å². The van der Waals surface area contributed by atoms with Crippen LogP contribution in [0, 0.1) is 13.8 Å². The normalized spacial score (nSPS) is 13.8. The fourth-order valence-electron chi connectivity index (χ4n) is 3.38. The lowest BCUT2D eigenvalue weighted by atomic mass is 10.2. The quantitative estimate of drug-likeness (QED) is 0.759. The number of anilines is 2. The van der Waals surface area contributed by atoms with E-state index in [-0.39, 0.29) is 11.8 Å². The molecule has 4 rings (SSSR count). The van der Waals surface area contributed by atoms with Crippen LogP contribution in [0.2, 0.25) is 0 Å². The zero-order chi connectivity index (χ0) is 19.7. The molecule has 1 aliphatic rings.